The fraction of sp³-hybridized carbons (Fsp3) is 0.600. The molecular formula is C20H27ClN2O3. The van der Waals surface area contributed by atoms with E-state index in [-0.39, 0.29) is 30.3 Å². The van der Waals surface area contributed by atoms with Gasteiger partial charge >= 0.3 is 5.97 Å². The largest absolute Gasteiger partial charge is 0.469 e. The topological polar surface area (TPSA) is 49.9 Å². The van der Waals surface area contributed by atoms with Crippen LogP contribution in [-0.4, -0.2) is 54.0 Å². The standard InChI is InChI=1S/C20H27ClN2O3/c1-26-19(25)9-8-18(24)22-12-2-10-20(15-22)11-3-13-23(20)14-16-4-6-17(21)7-5-16/h4-7H,2-3,8-15H2,1H3/t20-/m0/s1. The van der Waals surface area contributed by atoms with Crippen LogP contribution >= 0.6 is 11.6 Å². The zero-order chi connectivity index (χ0) is 18.6. The SMILES string of the molecule is COC(=O)CCC(=O)N1CCC[C@]2(CCCN2Cc2ccc(Cl)cc2)C1. The molecule has 1 aromatic carbocycles. The van der Waals surface area contributed by atoms with Crippen molar-refractivity contribution >= 4 is 23.5 Å². The van der Waals surface area contributed by atoms with Crippen LogP contribution in [0.2, 0.25) is 5.02 Å². The Balaban J connectivity index is 1.64. The number of halogens is 1. The van der Waals surface area contributed by atoms with E-state index in [0.717, 1.165) is 56.9 Å². The molecule has 2 saturated heterocycles. The highest BCUT2D eigenvalue weighted by molar-refractivity contribution is 6.30. The van der Waals surface area contributed by atoms with Gasteiger partial charge in [-0.2, -0.15) is 0 Å². The molecule has 2 aliphatic heterocycles. The highest BCUT2D eigenvalue weighted by Crippen LogP contribution is 2.38. The first kappa shape index (κ1) is 19.2. The van der Waals surface area contributed by atoms with E-state index in [1.165, 1.54) is 12.7 Å². The molecule has 0 saturated carbocycles. The molecule has 0 unspecified atom stereocenters. The number of esters is 1. The molecule has 5 nitrogen and oxygen atoms in total. The van der Waals surface area contributed by atoms with Crippen LogP contribution in [0.4, 0.5) is 0 Å². The Morgan fingerprint density at radius 1 is 1.12 bits per heavy atom. The van der Waals surface area contributed by atoms with Gasteiger partial charge in [0.2, 0.25) is 5.91 Å². The first-order valence-electron chi connectivity index (χ1n) is 9.36. The van der Waals surface area contributed by atoms with Crippen LogP contribution in [0.1, 0.15) is 44.1 Å². The maximum absolute atomic E-state index is 12.5. The van der Waals surface area contributed by atoms with Gasteiger partial charge in [-0.1, -0.05) is 23.7 Å². The van der Waals surface area contributed by atoms with E-state index in [1.807, 2.05) is 17.0 Å². The van der Waals surface area contributed by atoms with Gasteiger partial charge in [0.25, 0.3) is 0 Å². The maximum atomic E-state index is 12.5. The summed E-state index contributed by atoms with van der Waals surface area (Å²) in [6, 6.07) is 8.03. The van der Waals surface area contributed by atoms with E-state index in [9.17, 15) is 9.59 Å². The lowest BCUT2D eigenvalue weighted by Gasteiger charge is -2.46. The second-order valence-corrected chi connectivity index (χ2v) is 7.81. The van der Waals surface area contributed by atoms with Crippen molar-refractivity contribution in [2.45, 2.75) is 50.6 Å². The quantitative estimate of drug-likeness (QED) is 0.738. The number of carbonyl (C=O) groups excluding carboxylic acids is 2. The van der Waals surface area contributed by atoms with Crippen LogP contribution < -0.4 is 0 Å². The first-order valence-corrected chi connectivity index (χ1v) is 9.74. The summed E-state index contributed by atoms with van der Waals surface area (Å²) in [4.78, 5) is 28.4. The lowest BCUT2D eigenvalue weighted by molar-refractivity contribution is -0.144. The number of hydrogen-bond donors (Lipinski definition) is 0. The minimum Gasteiger partial charge on any atom is -0.469 e. The molecule has 1 atom stereocenters. The van der Waals surface area contributed by atoms with Crippen molar-refractivity contribution in [3.63, 3.8) is 0 Å². The average Bonchev–Trinajstić information content (AvgIpc) is 3.02. The van der Waals surface area contributed by atoms with Crippen LogP contribution in [0.3, 0.4) is 0 Å². The Hall–Kier alpha value is -1.59. The predicted octanol–water partition coefficient (Wildman–Crippen LogP) is 3.25. The molecule has 2 aliphatic rings. The van der Waals surface area contributed by atoms with Gasteiger partial charge in [0, 0.05) is 36.6 Å². The third-order valence-corrected chi connectivity index (χ3v) is 5.96. The van der Waals surface area contributed by atoms with Gasteiger partial charge in [0.05, 0.1) is 13.5 Å². The lowest BCUT2D eigenvalue weighted by Crippen LogP contribution is -2.56. The summed E-state index contributed by atoms with van der Waals surface area (Å²) in [6.07, 6.45) is 4.83. The van der Waals surface area contributed by atoms with Crippen molar-refractivity contribution in [3.05, 3.63) is 34.9 Å². The molecule has 0 radical (unpaired) electrons. The molecule has 142 valence electrons. The highest BCUT2D eigenvalue weighted by atomic mass is 35.5. The monoisotopic (exact) mass is 378 g/mol. The van der Waals surface area contributed by atoms with E-state index in [4.69, 9.17) is 11.6 Å². The molecule has 26 heavy (non-hydrogen) atoms. The summed E-state index contributed by atoms with van der Waals surface area (Å²) >= 11 is 6.00. The van der Waals surface area contributed by atoms with E-state index in [2.05, 4.69) is 21.8 Å². The van der Waals surface area contributed by atoms with Crippen LogP contribution in [0.15, 0.2) is 24.3 Å². The molecule has 1 amide bonds. The van der Waals surface area contributed by atoms with Gasteiger partial charge in [-0.05, 0) is 49.9 Å². The second-order valence-electron chi connectivity index (χ2n) is 7.37. The molecule has 0 aliphatic carbocycles. The molecule has 6 heteroatoms. The molecular weight excluding hydrogens is 352 g/mol. The zero-order valence-electron chi connectivity index (χ0n) is 15.4. The molecule has 0 aromatic heterocycles. The predicted molar refractivity (Wildman–Crippen MR) is 101 cm³/mol. The Bertz CT molecular complexity index is 649. The first-order chi connectivity index (χ1) is 12.5. The third kappa shape index (κ3) is 4.38. The number of methoxy groups -OCH3 is 1. The summed E-state index contributed by atoms with van der Waals surface area (Å²) in [6.45, 7) is 3.51. The molecule has 1 spiro atoms. The number of carbonyl (C=O) groups is 2. The van der Waals surface area contributed by atoms with Crippen molar-refractivity contribution in [2.24, 2.45) is 0 Å². The van der Waals surface area contributed by atoms with Crippen LogP contribution in [0.25, 0.3) is 0 Å². The Morgan fingerprint density at radius 2 is 1.81 bits per heavy atom. The molecule has 0 N–H and O–H groups in total. The van der Waals surface area contributed by atoms with E-state index < -0.39 is 0 Å². The van der Waals surface area contributed by atoms with Crippen molar-refractivity contribution in [2.75, 3.05) is 26.7 Å². The van der Waals surface area contributed by atoms with Crippen molar-refractivity contribution < 1.29 is 14.3 Å². The van der Waals surface area contributed by atoms with Crippen molar-refractivity contribution in [3.8, 4) is 0 Å². The van der Waals surface area contributed by atoms with Gasteiger partial charge in [-0.3, -0.25) is 14.5 Å². The van der Waals surface area contributed by atoms with E-state index >= 15 is 0 Å². The summed E-state index contributed by atoms with van der Waals surface area (Å²) in [5.74, 6) is -0.261. The Labute approximate surface area is 160 Å². The summed E-state index contributed by atoms with van der Waals surface area (Å²) in [5.41, 5.74) is 1.32. The van der Waals surface area contributed by atoms with Gasteiger partial charge in [-0.25, -0.2) is 0 Å². The van der Waals surface area contributed by atoms with Crippen molar-refractivity contribution in [1.29, 1.82) is 0 Å². The maximum Gasteiger partial charge on any atom is 0.306 e. The van der Waals surface area contributed by atoms with E-state index in [0.29, 0.717) is 0 Å². The van der Waals surface area contributed by atoms with Crippen LogP contribution in [0.5, 0.6) is 0 Å². The zero-order valence-corrected chi connectivity index (χ0v) is 16.1. The minimum absolute atomic E-state index is 0.0628. The fourth-order valence-corrected chi connectivity index (χ4v) is 4.43. The number of likely N-dealkylation sites (tertiary alicyclic amines) is 2. The minimum atomic E-state index is -0.324. The summed E-state index contributed by atoms with van der Waals surface area (Å²) in [5, 5.41) is 0.755. The Morgan fingerprint density at radius 3 is 2.50 bits per heavy atom. The molecule has 3 rings (SSSR count). The number of amides is 1. The third-order valence-electron chi connectivity index (χ3n) is 5.71. The number of hydrogen-bond acceptors (Lipinski definition) is 4. The highest BCUT2D eigenvalue weighted by Gasteiger charge is 2.44. The number of piperidine rings is 1. The van der Waals surface area contributed by atoms with Gasteiger partial charge in [0.1, 0.15) is 0 Å². The number of nitrogens with zero attached hydrogens (tertiary/aromatic N) is 2. The van der Waals surface area contributed by atoms with Gasteiger partial charge in [-0.15, -0.1) is 0 Å². The summed E-state index contributed by atoms with van der Waals surface area (Å²) in [7, 11) is 1.36. The number of rotatable bonds is 5. The average molecular weight is 379 g/mol. The van der Waals surface area contributed by atoms with Gasteiger partial charge < -0.3 is 9.64 Å². The fourth-order valence-electron chi connectivity index (χ4n) is 4.31. The van der Waals surface area contributed by atoms with Crippen LogP contribution in [0, 0.1) is 0 Å². The molecule has 1 aromatic rings. The van der Waals surface area contributed by atoms with Crippen molar-refractivity contribution in [1.82, 2.24) is 9.80 Å². The Kier molecular flexibility index (Phi) is 6.20. The second kappa shape index (κ2) is 8.40. The smallest absolute Gasteiger partial charge is 0.306 e. The molecule has 2 fully saturated rings. The van der Waals surface area contributed by atoms with Crippen LogP contribution in [-0.2, 0) is 20.9 Å². The van der Waals surface area contributed by atoms with Gasteiger partial charge in [0.15, 0.2) is 0 Å². The number of ether oxygens (including phenoxy) is 1. The van der Waals surface area contributed by atoms with E-state index in [1.54, 1.807) is 0 Å². The lowest BCUT2D eigenvalue weighted by atomic mass is 9.86. The molecule has 0 bridgehead atoms. The molecule has 2 heterocycles. The normalized spacial score (nSPS) is 23.4. The number of benzene rings is 1. The summed E-state index contributed by atoms with van der Waals surface area (Å²) < 4.78 is 4.65.